The zero-order chi connectivity index (χ0) is 17.7. The fourth-order valence-electron chi connectivity index (χ4n) is 1.87. The Balaban J connectivity index is 1.97. The Hall–Kier alpha value is -3.03. The number of hydrogen-bond donors (Lipinski definition) is 2. The van der Waals surface area contributed by atoms with Gasteiger partial charge in [-0.1, -0.05) is 6.07 Å². The number of methoxy groups -OCH3 is 1. The van der Waals surface area contributed by atoms with E-state index < -0.39 is 41.4 Å². The predicted octanol–water partition coefficient (Wildman–Crippen LogP) is 3.08. The van der Waals surface area contributed by atoms with Gasteiger partial charge < -0.3 is 15.4 Å². The predicted molar refractivity (Wildman–Crippen MR) is 81.2 cm³/mol. The van der Waals surface area contributed by atoms with Crippen LogP contribution in [-0.2, 0) is 9.59 Å². The number of rotatable bonds is 5. The number of carbonyl (C=O) groups is 2. The van der Waals surface area contributed by atoms with Crippen LogP contribution in [0.5, 0.6) is 5.75 Å². The molecule has 0 unspecified atom stereocenters. The maximum atomic E-state index is 13.4. The van der Waals surface area contributed by atoms with Gasteiger partial charge in [0.25, 0.3) is 0 Å². The number of nitrogens with one attached hydrogen (secondary N) is 2. The molecule has 0 spiro atoms. The van der Waals surface area contributed by atoms with Crippen molar-refractivity contribution in [3.05, 3.63) is 53.8 Å². The van der Waals surface area contributed by atoms with Crippen molar-refractivity contribution in [3.8, 4) is 5.75 Å². The van der Waals surface area contributed by atoms with Gasteiger partial charge in [-0.2, -0.15) is 0 Å². The number of halogens is 3. The number of hydrogen-bond acceptors (Lipinski definition) is 3. The van der Waals surface area contributed by atoms with Gasteiger partial charge in [-0.25, -0.2) is 13.2 Å². The monoisotopic (exact) mass is 338 g/mol. The second kappa shape index (κ2) is 7.49. The van der Waals surface area contributed by atoms with Crippen LogP contribution in [-0.4, -0.2) is 18.9 Å². The zero-order valence-corrected chi connectivity index (χ0v) is 12.5. The van der Waals surface area contributed by atoms with Crippen LogP contribution in [0.15, 0.2) is 36.4 Å². The van der Waals surface area contributed by atoms with Crippen molar-refractivity contribution in [2.24, 2.45) is 0 Å². The first-order valence-electron chi connectivity index (χ1n) is 6.78. The van der Waals surface area contributed by atoms with Crippen LogP contribution in [0, 0.1) is 17.5 Å². The van der Waals surface area contributed by atoms with Crippen molar-refractivity contribution in [2.45, 2.75) is 6.42 Å². The highest BCUT2D eigenvalue weighted by atomic mass is 19.2. The van der Waals surface area contributed by atoms with E-state index in [1.54, 1.807) is 24.3 Å². The molecule has 0 saturated carbocycles. The van der Waals surface area contributed by atoms with Crippen LogP contribution < -0.4 is 15.4 Å². The Bertz CT molecular complexity index is 781. The lowest BCUT2D eigenvalue weighted by atomic mass is 10.2. The van der Waals surface area contributed by atoms with Crippen LogP contribution >= 0.6 is 0 Å². The molecule has 0 aliphatic rings. The molecule has 126 valence electrons. The second-order valence-corrected chi connectivity index (χ2v) is 4.73. The lowest BCUT2D eigenvalue weighted by molar-refractivity contribution is -0.123. The third-order valence-electron chi connectivity index (χ3n) is 2.98. The maximum Gasteiger partial charge on any atom is 0.233 e. The normalized spacial score (nSPS) is 10.2. The van der Waals surface area contributed by atoms with E-state index in [-0.39, 0.29) is 0 Å². The first kappa shape index (κ1) is 17.3. The van der Waals surface area contributed by atoms with E-state index in [1.807, 2.05) is 5.32 Å². The van der Waals surface area contributed by atoms with Crippen LogP contribution in [0.2, 0.25) is 0 Å². The minimum atomic E-state index is -1.70. The van der Waals surface area contributed by atoms with Gasteiger partial charge in [0, 0.05) is 11.8 Å². The summed E-state index contributed by atoms with van der Waals surface area (Å²) >= 11 is 0. The molecule has 24 heavy (non-hydrogen) atoms. The van der Waals surface area contributed by atoms with Gasteiger partial charge in [-0.3, -0.25) is 9.59 Å². The molecule has 2 N–H and O–H groups in total. The van der Waals surface area contributed by atoms with E-state index in [0.717, 1.165) is 6.07 Å². The Kier molecular flexibility index (Phi) is 5.41. The fraction of sp³-hybridized carbons (Fsp3) is 0.125. The molecule has 2 aromatic carbocycles. The first-order valence-corrected chi connectivity index (χ1v) is 6.78. The molecule has 2 rings (SSSR count). The molecule has 8 heteroatoms. The summed E-state index contributed by atoms with van der Waals surface area (Å²) < 4.78 is 44.3. The first-order chi connectivity index (χ1) is 11.4. The standard InChI is InChI=1S/C16H13F3N2O3/c1-24-10-4-2-3-9(7-10)20-13(22)8-14(23)21-12-6-5-11(17)15(18)16(12)19/h2-7H,8H2,1H3,(H,20,22)(H,21,23). The summed E-state index contributed by atoms with van der Waals surface area (Å²) in [5.74, 6) is -5.63. The van der Waals surface area contributed by atoms with Gasteiger partial charge in [0.1, 0.15) is 12.2 Å². The summed E-state index contributed by atoms with van der Waals surface area (Å²) in [4.78, 5) is 23.5. The minimum absolute atomic E-state index is 0.408. The molecular weight excluding hydrogens is 325 g/mol. The Morgan fingerprint density at radius 1 is 1.00 bits per heavy atom. The summed E-state index contributed by atoms with van der Waals surface area (Å²) in [6.07, 6.45) is -0.629. The van der Waals surface area contributed by atoms with Gasteiger partial charge >= 0.3 is 0 Å². The molecule has 0 aliphatic carbocycles. The van der Waals surface area contributed by atoms with E-state index in [4.69, 9.17) is 4.74 Å². The molecule has 0 radical (unpaired) electrons. The molecule has 5 nitrogen and oxygen atoms in total. The van der Waals surface area contributed by atoms with Gasteiger partial charge in [-0.05, 0) is 24.3 Å². The lowest BCUT2D eigenvalue weighted by Gasteiger charge is -2.09. The number of benzene rings is 2. The number of ether oxygens (including phenoxy) is 1. The zero-order valence-electron chi connectivity index (χ0n) is 12.5. The van der Waals surface area contributed by atoms with Gasteiger partial charge in [-0.15, -0.1) is 0 Å². The van der Waals surface area contributed by atoms with Crippen molar-refractivity contribution in [1.82, 2.24) is 0 Å². The molecule has 2 aromatic rings. The van der Waals surface area contributed by atoms with E-state index in [1.165, 1.54) is 7.11 Å². The van der Waals surface area contributed by atoms with Crippen molar-refractivity contribution < 1.29 is 27.5 Å². The largest absolute Gasteiger partial charge is 0.497 e. The molecule has 2 amide bonds. The maximum absolute atomic E-state index is 13.4. The molecule has 0 atom stereocenters. The highest BCUT2D eigenvalue weighted by Gasteiger charge is 2.17. The second-order valence-electron chi connectivity index (χ2n) is 4.73. The summed E-state index contributed by atoms with van der Waals surface area (Å²) in [6, 6.07) is 7.99. The van der Waals surface area contributed by atoms with E-state index in [9.17, 15) is 22.8 Å². The van der Waals surface area contributed by atoms with Crippen LogP contribution in [0.1, 0.15) is 6.42 Å². The van der Waals surface area contributed by atoms with Crippen LogP contribution in [0.3, 0.4) is 0 Å². The number of anilines is 2. The van der Waals surface area contributed by atoms with Crippen molar-refractivity contribution in [1.29, 1.82) is 0 Å². The van der Waals surface area contributed by atoms with Crippen molar-refractivity contribution in [3.63, 3.8) is 0 Å². The topological polar surface area (TPSA) is 67.4 Å². The Morgan fingerprint density at radius 3 is 2.42 bits per heavy atom. The smallest absolute Gasteiger partial charge is 0.233 e. The summed E-state index contributed by atoms with van der Waals surface area (Å²) in [5, 5.41) is 4.47. The van der Waals surface area contributed by atoms with Gasteiger partial charge in [0.15, 0.2) is 17.5 Å². The summed E-state index contributed by atoms with van der Waals surface area (Å²) in [5.41, 5.74) is -0.140. The Labute approximate surface area is 135 Å². The van der Waals surface area contributed by atoms with Gasteiger partial charge in [0.2, 0.25) is 11.8 Å². The highest BCUT2D eigenvalue weighted by molar-refractivity contribution is 6.08. The lowest BCUT2D eigenvalue weighted by Crippen LogP contribution is -2.22. The average molecular weight is 338 g/mol. The molecular formula is C16H13F3N2O3. The van der Waals surface area contributed by atoms with Crippen molar-refractivity contribution >= 4 is 23.2 Å². The molecule has 0 saturated heterocycles. The summed E-state index contributed by atoms with van der Waals surface area (Å²) in [6.45, 7) is 0. The van der Waals surface area contributed by atoms with Crippen molar-refractivity contribution in [2.75, 3.05) is 17.7 Å². The summed E-state index contributed by atoms with van der Waals surface area (Å²) in [7, 11) is 1.46. The third-order valence-corrected chi connectivity index (χ3v) is 2.98. The molecule has 0 fully saturated rings. The highest BCUT2D eigenvalue weighted by Crippen LogP contribution is 2.20. The minimum Gasteiger partial charge on any atom is -0.497 e. The Morgan fingerprint density at radius 2 is 1.71 bits per heavy atom. The van der Waals surface area contributed by atoms with Crippen LogP contribution in [0.4, 0.5) is 24.5 Å². The molecule has 0 bridgehead atoms. The van der Waals surface area contributed by atoms with Gasteiger partial charge in [0.05, 0.1) is 12.8 Å². The number of amides is 2. The fourth-order valence-corrected chi connectivity index (χ4v) is 1.87. The van der Waals surface area contributed by atoms with E-state index >= 15 is 0 Å². The quantitative estimate of drug-likeness (QED) is 0.650. The molecule has 0 aliphatic heterocycles. The number of carbonyl (C=O) groups excluding carboxylic acids is 2. The molecule has 0 heterocycles. The SMILES string of the molecule is COc1cccc(NC(=O)CC(=O)Nc2ccc(F)c(F)c2F)c1. The van der Waals surface area contributed by atoms with E-state index in [0.29, 0.717) is 17.5 Å². The van der Waals surface area contributed by atoms with E-state index in [2.05, 4.69) is 5.32 Å². The third kappa shape index (κ3) is 4.25. The molecule has 0 aromatic heterocycles. The average Bonchev–Trinajstić information content (AvgIpc) is 2.55. The van der Waals surface area contributed by atoms with Crippen LogP contribution in [0.25, 0.3) is 0 Å².